The van der Waals surface area contributed by atoms with E-state index in [2.05, 4.69) is 56.7 Å². The van der Waals surface area contributed by atoms with Crippen molar-refractivity contribution >= 4 is 7.82 Å². The Hall–Kier alpha value is -0.740. The fourth-order valence-corrected chi connectivity index (χ4v) is 1.27. The first-order valence-electron chi connectivity index (χ1n) is 5.63. The number of rotatable bonds is 3. The summed E-state index contributed by atoms with van der Waals surface area (Å²) >= 11 is 0. The molecule has 0 saturated carbocycles. The van der Waals surface area contributed by atoms with Gasteiger partial charge in [0.15, 0.2) is 0 Å². The second-order valence-corrected chi connectivity index (χ2v) is 5.65. The Labute approximate surface area is 107 Å². The SMILES string of the molecule is CC(C)c1ccc(C(C)C)cc1.O=P(O)(O)OF. The summed E-state index contributed by atoms with van der Waals surface area (Å²) in [6.45, 7) is 8.91. The van der Waals surface area contributed by atoms with Crippen LogP contribution in [0.25, 0.3) is 0 Å². The summed E-state index contributed by atoms with van der Waals surface area (Å²) in [4.78, 5) is 14.7. The van der Waals surface area contributed by atoms with Gasteiger partial charge in [-0.3, -0.25) is 0 Å². The molecule has 0 unspecified atom stereocenters. The minimum absolute atomic E-state index is 0.645. The van der Waals surface area contributed by atoms with Crippen LogP contribution < -0.4 is 0 Å². The van der Waals surface area contributed by atoms with Crippen LogP contribution in [0.2, 0.25) is 0 Å². The van der Waals surface area contributed by atoms with Crippen LogP contribution in [0.5, 0.6) is 0 Å². The predicted octanol–water partition coefficient (Wildman–Crippen LogP) is 3.91. The highest BCUT2D eigenvalue weighted by molar-refractivity contribution is 7.46. The first-order valence-corrected chi connectivity index (χ1v) is 7.16. The maximum absolute atomic E-state index is 10.2. The molecule has 0 spiro atoms. The predicted molar refractivity (Wildman–Crippen MR) is 68.9 cm³/mol. The van der Waals surface area contributed by atoms with Gasteiger partial charge in [-0.2, -0.15) is 0 Å². The molecular formula is C12H20FO4P. The summed E-state index contributed by atoms with van der Waals surface area (Å²) in [5.41, 5.74) is 2.86. The smallest absolute Gasteiger partial charge is 0.301 e. The molecular weight excluding hydrogens is 258 g/mol. The van der Waals surface area contributed by atoms with Crippen LogP contribution in [0, 0.1) is 0 Å². The molecule has 2 N–H and O–H groups in total. The van der Waals surface area contributed by atoms with Crippen molar-refractivity contribution in [2.75, 3.05) is 0 Å². The van der Waals surface area contributed by atoms with Crippen molar-refractivity contribution in [3.8, 4) is 0 Å². The third kappa shape index (κ3) is 7.56. The molecule has 0 aliphatic heterocycles. The lowest BCUT2D eigenvalue weighted by Gasteiger charge is -2.08. The Bertz CT molecular complexity index is 357. The number of hydrogen-bond donors (Lipinski definition) is 2. The van der Waals surface area contributed by atoms with Gasteiger partial charge in [0.25, 0.3) is 0 Å². The summed E-state index contributed by atoms with van der Waals surface area (Å²) in [5.74, 6) is 1.29. The van der Waals surface area contributed by atoms with E-state index >= 15 is 0 Å². The number of phosphoric acid groups is 1. The van der Waals surface area contributed by atoms with Crippen molar-refractivity contribution in [2.24, 2.45) is 0 Å². The normalized spacial score (nSPS) is 11.4. The molecule has 4 nitrogen and oxygen atoms in total. The Morgan fingerprint density at radius 2 is 1.22 bits per heavy atom. The third-order valence-corrected chi connectivity index (χ3v) is 2.54. The van der Waals surface area contributed by atoms with Gasteiger partial charge < -0.3 is 9.79 Å². The summed E-state index contributed by atoms with van der Waals surface area (Å²) in [6.07, 6.45) is 0. The van der Waals surface area contributed by atoms with Crippen LogP contribution in [0.15, 0.2) is 24.3 Å². The van der Waals surface area contributed by atoms with Crippen LogP contribution in [0.4, 0.5) is 4.53 Å². The second-order valence-electron chi connectivity index (χ2n) is 4.54. The molecule has 1 aromatic rings. The van der Waals surface area contributed by atoms with Gasteiger partial charge >= 0.3 is 7.82 Å². The van der Waals surface area contributed by atoms with E-state index in [1.165, 1.54) is 11.1 Å². The number of halogens is 1. The van der Waals surface area contributed by atoms with E-state index in [9.17, 15) is 4.53 Å². The molecule has 0 heterocycles. The Morgan fingerprint density at radius 3 is 1.33 bits per heavy atom. The molecule has 1 rings (SSSR count). The zero-order chi connectivity index (χ0) is 14.3. The van der Waals surface area contributed by atoms with Gasteiger partial charge in [-0.25, -0.2) is 4.57 Å². The lowest BCUT2D eigenvalue weighted by molar-refractivity contribution is -0.0389. The van der Waals surface area contributed by atoms with E-state index < -0.39 is 7.82 Å². The van der Waals surface area contributed by atoms with Gasteiger partial charge in [0.1, 0.15) is 0 Å². The topological polar surface area (TPSA) is 66.8 Å². The first kappa shape index (κ1) is 17.3. The molecule has 18 heavy (non-hydrogen) atoms. The molecule has 0 radical (unpaired) electrons. The number of hydrogen-bond acceptors (Lipinski definition) is 2. The summed E-state index contributed by atoms with van der Waals surface area (Å²) < 4.78 is 21.4. The monoisotopic (exact) mass is 278 g/mol. The summed E-state index contributed by atoms with van der Waals surface area (Å²) in [5, 5.41) is 0. The van der Waals surface area contributed by atoms with Gasteiger partial charge in [-0.15, -0.1) is 0 Å². The fourth-order valence-electron chi connectivity index (χ4n) is 1.27. The highest BCUT2D eigenvalue weighted by Gasteiger charge is 2.12. The van der Waals surface area contributed by atoms with Crippen molar-refractivity contribution in [1.29, 1.82) is 0 Å². The molecule has 0 atom stereocenters. The van der Waals surface area contributed by atoms with E-state index in [-0.39, 0.29) is 0 Å². The maximum atomic E-state index is 10.2. The van der Waals surface area contributed by atoms with Crippen molar-refractivity contribution in [2.45, 2.75) is 39.5 Å². The van der Waals surface area contributed by atoms with Crippen LogP contribution in [0.3, 0.4) is 0 Å². The fraction of sp³-hybridized carbons (Fsp3) is 0.500. The van der Waals surface area contributed by atoms with Crippen LogP contribution in [-0.4, -0.2) is 9.79 Å². The molecule has 0 fully saturated rings. The largest absolute Gasteiger partial charge is 0.500 e. The Balaban J connectivity index is 0.000000411. The first-order chi connectivity index (χ1) is 8.17. The molecule has 0 amide bonds. The molecule has 1 aromatic carbocycles. The van der Waals surface area contributed by atoms with Crippen molar-refractivity contribution in [3.63, 3.8) is 0 Å². The molecule has 0 bridgehead atoms. The maximum Gasteiger partial charge on any atom is 0.500 e. The van der Waals surface area contributed by atoms with E-state index in [1.54, 1.807) is 0 Å². The molecule has 104 valence electrons. The molecule has 0 aliphatic rings. The average molecular weight is 278 g/mol. The Kier molecular flexibility index (Phi) is 7.33. The van der Waals surface area contributed by atoms with Crippen molar-refractivity contribution in [1.82, 2.24) is 0 Å². The van der Waals surface area contributed by atoms with E-state index in [0.717, 1.165) is 0 Å². The van der Waals surface area contributed by atoms with Crippen LogP contribution in [-0.2, 0) is 9.29 Å². The number of benzene rings is 1. The average Bonchev–Trinajstić information content (AvgIpc) is 2.29. The third-order valence-electron chi connectivity index (χ3n) is 2.36. The molecule has 0 saturated heterocycles. The lowest BCUT2D eigenvalue weighted by Crippen LogP contribution is -1.90. The zero-order valence-electron chi connectivity index (χ0n) is 11.0. The van der Waals surface area contributed by atoms with E-state index in [4.69, 9.17) is 14.4 Å². The van der Waals surface area contributed by atoms with Gasteiger partial charge in [-0.1, -0.05) is 56.7 Å². The van der Waals surface area contributed by atoms with Crippen LogP contribution >= 0.6 is 7.82 Å². The Morgan fingerprint density at radius 1 is 1.00 bits per heavy atom. The van der Waals surface area contributed by atoms with Gasteiger partial charge in [0.2, 0.25) is 0 Å². The highest BCUT2D eigenvalue weighted by Crippen LogP contribution is 2.35. The standard InChI is InChI=1S/C12H18.FH2O4P/c1-9(2)11-5-7-12(8-6-11)10(3)4;1-5-6(2,3)4/h5-10H,1-4H3;(H2,2,3,4). The minimum Gasteiger partial charge on any atom is -0.301 e. The second kappa shape index (κ2) is 7.64. The molecule has 6 heteroatoms. The van der Waals surface area contributed by atoms with Crippen molar-refractivity contribution in [3.05, 3.63) is 35.4 Å². The highest BCUT2D eigenvalue weighted by atomic mass is 31.2. The van der Waals surface area contributed by atoms with Gasteiger partial charge in [0.05, 0.1) is 0 Å². The van der Waals surface area contributed by atoms with Crippen molar-refractivity contribution < 1.29 is 23.6 Å². The quantitative estimate of drug-likeness (QED) is 0.822. The zero-order valence-corrected chi connectivity index (χ0v) is 11.9. The van der Waals surface area contributed by atoms with E-state index in [1.807, 2.05) is 0 Å². The molecule has 0 aliphatic carbocycles. The van der Waals surface area contributed by atoms with Gasteiger partial charge in [-0.05, 0) is 27.5 Å². The van der Waals surface area contributed by atoms with Gasteiger partial charge in [0, 0.05) is 0 Å². The van der Waals surface area contributed by atoms with E-state index in [0.29, 0.717) is 11.8 Å². The lowest BCUT2D eigenvalue weighted by atomic mass is 9.97. The molecule has 0 aromatic heterocycles. The minimum atomic E-state index is -4.81. The summed E-state index contributed by atoms with van der Waals surface area (Å²) in [6, 6.07) is 8.94. The van der Waals surface area contributed by atoms with Crippen LogP contribution in [0.1, 0.15) is 50.7 Å². The summed E-state index contributed by atoms with van der Waals surface area (Å²) in [7, 11) is -4.81.